The third-order valence-corrected chi connectivity index (χ3v) is 3.73. The van der Waals surface area contributed by atoms with Crippen LogP contribution < -0.4 is 10.6 Å². The average Bonchev–Trinajstić information content (AvgIpc) is 2.90. The smallest absolute Gasteiger partial charge is 0.225 e. The van der Waals surface area contributed by atoms with Crippen LogP contribution in [0.2, 0.25) is 0 Å². The molecule has 0 aromatic rings. The summed E-state index contributed by atoms with van der Waals surface area (Å²) < 4.78 is 0. The van der Waals surface area contributed by atoms with Crippen molar-refractivity contribution in [1.82, 2.24) is 15.5 Å². The molecule has 0 bridgehead atoms. The summed E-state index contributed by atoms with van der Waals surface area (Å²) >= 11 is 0. The SMILES string of the molecule is CN1CC(C(=O)NCCC2CCNC2)CC1=O.Cl. The van der Waals surface area contributed by atoms with Gasteiger partial charge >= 0.3 is 0 Å². The van der Waals surface area contributed by atoms with Crippen molar-refractivity contribution in [3.63, 3.8) is 0 Å². The third-order valence-electron chi connectivity index (χ3n) is 3.73. The second-order valence-electron chi connectivity index (χ2n) is 5.11. The Morgan fingerprint density at radius 3 is 2.89 bits per heavy atom. The number of hydrogen-bond donors (Lipinski definition) is 2. The molecule has 104 valence electrons. The normalized spacial score (nSPS) is 27.2. The van der Waals surface area contributed by atoms with Gasteiger partial charge < -0.3 is 15.5 Å². The molecule has 2 aliphatic heterocycles. The summed E-state index contributed by atoms with van der Waals surface area (Å²) in [5.41, 5.74) is 0. The molecule has 2 rings (SSSR count). The van der Waals surface area contributed by atoms with Crippen molar-refractivity contribution < 1.29 is 9.59 Å². The van der Waals surface area contributed by atoms with Gasteiger partial charge in [-0.05, 0) is 31.8 Å². The van der Waals surface area contributed by atoms with Crippen molar-refractivity contribution in [3.8, 4) is 0 Å². The van der Waals surface area contributed by atoms with Gasteiger partial charge in [-0.25, -0.2) is 0 Å². The van der Waals surface area contributed by atoms with E-state index in [4.69, 9.17) is 0 Å². The van der Waals surface area contributed by atoms with Gasteiger partial charge in [0.25, 0.3) is 0 Å². The topological polar surface area (TPSA) is 61.4 Å². The second-order valence-corrected chi connectivity index (χ2v) is 5.11. The van der Waals surface area contributed by atoms with Crippen molar-refractivity contribution in [3.05, 3.63) is 0 Å². The van der Waals surface area contributed by atoms with Gasteiger partial charge in [0, 0.05) is 26.6 Å². The molecule has 0 aromatic heterocycles. The van der Waals surface area contributed by atoms with E-state index >= 15 is 0 Å². The van der Waals surface area contributed by atoms with Crippen molar-refractivity contribution >= 4 is 24.2 Å². The zero-order valence-corrected chi connectivity index (χ0v) is 11.6. The Hall–Kier alpha value is -0.810. The van der Waals surface area contributed by atoms with E-state index in [1.54, 1.807) is 11.9 Å². The zero-order chi connectivity index (χ0) is 12.3. The van der Waals surface area contributed by atoms with Gasteiger partial charge in [0.2, 0.25) is 11.8 Å². The molecule has 5 nitrogen and oxygen atoms in total. The largest absolute Gasteiger partial charge is 0.356 e. The Morgan fingerprint density at radius 2 is 2.33 bits per heavy atom. The molecule has 0 spiro atoms. The number of rotatable bonds is 4. The first kappa shape index (κ1) is 15.2. The fourth-order valence-corrected chi connectivity index (χ4v) is 2.54. The summed E-state index contributed by atoms with van der Waals surface area (Å²) in [4.78, 5) is 24.7. The lowest BCUT2D eigenvalue weighted by atomic mass is 10.0. The van der Waals surface area contributed by atoms with Gasteiger partial charge in [0.15, 0.2) is 0 Å². The Labute approximate surface area is 114 Å². The number of hydrogen-bond acceptors (Lipinski definition) is 3. The highest BCUT2D eigenvalue weighted by Gasteiger charge is 2.31. The summed E-state index contributed by atoms with van der Waals surface area (Å²) in [7, 11) is 1.75. The quantitative estimate of drug-likeness (QED) is 0.759. The van der Waals surface area contributed by atoms with Gasteiger partial charge in [0.1, 0.15) is 0 Å². The molecule has 2 amide bonds. The van der Waals surface area contributed by atoms with Crippen LogP contribution in [0.4, 0.5) is 0 Å². The molecule has 2 unspecified atom stereocenters. The Bertz CT molecular complexity index is 306. The predicted molar refractivity (Wildman–Crippen MR) is 71.6 cm³/mol. The zero-order valence-electron chi connectivity index (χ0n) is 10.8. The van der Waals surface area contributed by atoms with Gasteiger partial charge in [-0.3, -0.25) is 9.59 Å². The molecule has 2 aliphatic rings. The van der Waals surface area contributed by atoms with E-state index in [1.165, 1.54) is 6.42 Å². The maximum atomic E-state index is 11.8. The molecule has 2 atom stereocenters. The van der Waals surface area contributed by atoms with Crippen LogP contribution in [0, 0.1) is 11.8 Å². The highest BCUT2D eigenvalue weighted by molar-refractivity contribution is 5.89. The van der Waals surface area contributed by atoms with Crippen LogP contribution in [-0.2, 0) is 9.59 Å². The second kappa shape index (κ2) is 6.95. The molecule has 18 heavy (non-hydrogen) atoms. The van der Waals surface area contributed by atoms with Crippen molar-refractivity contribution in [2.75, 3.05) is 33.2 Å². The molecule has 2 saturated heterocycles. The Balaban J connectivity index is 0.00000162. The van der Waals surface area contributed by atoms with Crippen molar-refractivity contribution in [2.45, 2.75) is 19.3 Å². The Morgan fingerprint density at radius 1 is 1.56 bits per heavy atom. The molecule has 0 aromatic carbocycles. The monoisotopic (exact) mass is 275 g/mol. The molecule has 0 saturated carbocycles. The van der Waals surface area contributed by atoms with Crippen molar-refractivity contribution in [1.29, 1.82) is 0 Å². The Kier molecular flexibility index (Phi) is 5.88. The lowest BCUT2D eigenvalue weighted by molar-refractivity contribution is -0.128. The van der Waals surface area contributed by atoms with Gasteiger partial charge in [-0.1, -0.05) is 0 Å². The summed E-state index contributed by atoms with van der Waals surface area (Å²) in [5, 5.41) is 6.26. The fourth-order valence-electron chi connectivity index (χ4n) is 2.54. The van der Waals surface area contributed by atoms with Crippen LogP contribution in [0.25, 0.3) is 0 Å². The van der Waals surface area contributed by atoms with E-state index in [2.05, 4.69) is 10.6 Å². The molecule has 2 fully saturated rings. The molecule has 0 aliphatic carbocycles. The number of carbonyl (C=O) groups excluding carboxylic acids is 2. The fraction of sp³-hybridized carbons (Fsp3) is 0.833. The van der Waals surface area contributed by atoms with Gasteiger partial charge in [0.05, 0.1) is 5.92 Å². The number of halogens is 1. The van der Waals surface area contributed by atoms with Crippen LogP contribution in [0.3, 0.4) is 0 Å². The van der Waals surface area contributed by atoms with Gasteiger partial charge in [-0.15, -0.1) is 12.4 Å². The first-order chi connectivity index (χ1) is 8.16. The maximum absolute atomic E-state index is 11.8. The predicted octanol–water partition coefficient (Wildman–Crippen LogP) is 0.00230. The van der Waals surface area contributed by atoms with E-state index in [9.17, 15) is 9.59 Å². The number of carbonyl (C=O) groups is 2. The van der Waals surface area contributed by atoms with E-state index in [-0.39, 0.29) is 30.1 Å². The minimum absolute atomic E-state index is 0. The first-order valence-electron chi connectivity index (χ1n) is 6.39. The highest BCUT2D eigenvalue weighted by atomic mass is 35.5. The molecular weight excluding hydrogens is 254 g/mol. The van der Waals surface area contributed by atoms with Crippen LogP contribution in [0.1, 0.15) is 19.3 Å². The maximum Gasteiger partial charge on any atom is 0.225 e. The van der Waals surface area contributed by atoms with Crippen molar-refractivity contribution in [2.24, 2.45) is 11.8 Å². The number of likely N-dealkylation sites (tertiary alicyclic amines) is 1. The van der Waals surface area contributed by atoms with Gasteiger partial charge in [-0.2, -0.15) is 0 Å². The molecule has 2 heterocycles. The van der Waals surface area contributed by atoms with Crippen LogP contribution in [-0.4, -0.2) is 49.9 Å². The third kappa shape index (κ3) is 3.85. The van der Waals surface area contributed by atoms with Crippen LogP contribution >= 0.6 is 12.4 Å². The summed E-state index contributed by atoms with van der Waals surface area (Å²) in [5.74, 6) is 0.663. The molecule has 0 radical (unpaired) electrons. The van der Waals surface area contributed by atoms with E-state index < -0.39 is 0 Å². The molecular formula is C12H22ClN3O2. The van der Waals surface area contributed by atoms with Crippen LogP contribution in [0.15, 0.2) is 0 Å². The number of amides is 2. The van der Waals surface area contributed by atoms with E-state index in [1.807, 2.05) is 0 Å². The minimum Gasteiger partial charge on any atom is -0.356 e. The van der Waals surface area contributed by atoms with E-state index in [0.717, 1.165) is 26.1 Å². The number of nitrogens with one attached hydrogen (secondary N) is 2. The first-order valence-corrected chi connectivity index (χ1v) is 6.39. The lowest BCUT2D eigenvalue weighted by Gasteiger charge is -2.12. The number of nitrogens with zero attached hydrogens (tertiary/aromatic N) is 1. The molecule has 6 heteroatoms. The molecule has 2 N–H and O–H groups in total. The minimum atomic E-state index is -0.144. The summed E-state index contributed by atoms with van der Waals surface area (Å²) in [6.07, 6.45) is 2.61. The average molecular weight is 276 g/mol. The highest BCUT2D eigenvalue weighted by Crippen LogP contribution is 2.16. The summed E-state index contributed by atoms with van der Waals surface area (Å²) in [6, 6.07) is 0. The lowest BCUT2D eigenvalue weighted by Crippen LogP contribution is -2.33. The van der Waals surface area contributed by atoms with E-state index in [0.29, 0.717) is 18.9 Å². The summed E-state index contributed by atoms with van der Waals surface area (Å²) in [6.45, 7) is 3.47. The van der Waals surface area contributed by atoms with Crippen LogP contribution in [0.5, 0.6) is 0 Å². The standard InChI is InChI=1S/C12H21N3O2.ClH/c1-15-8-10(6-11(15)16)12(17)14-5-3-9-2-4-13-7-9;/h9-10,13H,2-8H2,1H3,(H,14,17);1H.